The molecule has 0 aliphatic rings. The summed E-state index contributed by atoms with van der Waals surface area (Å²) >= 11 is 0. The number of carbonyl (C=O) groups is 2. The van der Waals surface area contributed by atoms with E-state index in [9.17, 15) is 9.59 Å². The Bertz CT molecular complexity index is 711. The number of aromatic hydroxyl groups is 1. The van der Waals surface area contributed by atoms with Gasteiger partial charge in [-0.3, -0.25) is 20.4 Å². The molecule has 0 aromatic heterocycles. The minimum atomic E-state index is -0.482. The van der Waals surface area contributed by atoms with E-state index in [0.29, 0.717) is 11.3 Å². The number of aryl methyl sites for hydroxylation is 2. The number of rotatable bonds is 4. The van der Waals surface area contributed by atoms with E-state index in [0.717, 1.165) is 11.1 Å². The van der Waals surface area contributed by atoms with Crippen LogP contribution in [0, 0.1) is 13.8 Å². The van der Waals surface area contributed by atoms with Crippen LogP contribution < -0.4 is 15.6 Å². The first-order valence-electron chi connectivity index (χ1n) is 7.04. The Morgan fingerprint density at radius 3 is 2.35 bits per heavy atom. The summed E-state index contributed by atoms with van der Waals surface area (Å²) in [4.78, 5) is 23.4. The van der Waals surface area contributed by atoms with Crippen LogP contribution in [0.1, 0.15) is 21.5 Å². The van der Waals surface area contributed by atoms with Gasteiger partial charge in [-0.25, -0.2) is 0 Å². The van der Waals surface area contributed by atoms with Crippen LogP contribution in [0.15, 0.2) is 42.5 Å². The van der Waals surface area contributed by atoms with Crippen molar-refractivity contribution in [2.24, 2.45) is 0 Å². The van der Waals surface area contributed by atoms with E-state index in [1.54, 1.807) is 6.07 Å². The largest absolute Gasteiger partial charge is 0.508 e. The molecule has 0 aliphatic carbocycles. The van der Waals surface area contributed by atoms with Crippen LogP contribution in [0.3, 0.4) is 0 Å². The van der Waals surface area contributed by atoms with Gasteiger partial charge in [-0.1, -0.05) is 6.07 Å². The summed E-state index contributed by atoms with van der Waals surface area (Å²) in [5.41, 5.74) is 7.07. The van der Waals surface area contributed by atoms with E-state index in [4.69, 9.17) is 9.84 Å². The summed E-state index contributed by atoms with van der Waals surface area (Å²) in [5, 5.41) is 9.15. The van der Waals surface area contributed by atoms with Gasteiger partial charge in [0.25, 0.3) is 11.8 Å². The Morgan fingerprint density at radius 2 is 1.70 bits per heavy atom. The van der Waals surface area contributed by atoms with Gasteiger partial charge in [0.15, 0.2) is 6.61 Å². The van der Waals surface area contributed by atoms with Gasteiger partial charge in [-0.2, -0.15) is 0 Å². The Balaban J connectivity index is 1.79. The number of hydrogen-bond donors (Lipinski definition) is 3. The molecule has 2 rings (SSSR count). The van der Waals surface area contributed by atoms with Gasteiger partial charge in [0.1, 0.15) is 11.5 Å². The highest BCUT2D eigenvalue weighted by Gasteiger charge is 2.08. The fraction of sp³-hybridized carbons (Fsp3) is 0.176. The summed E-state index contributed by atoms with van der Waals surface area (Å²) in [7, 11) is 0. The van der Waals surface area contributed by atoms with Gasteiger partial charge in [-0.15, -0.1) is 0 Å². The molecule has 0 aliphatic heterocycles. The van der Waals surface area contributed by atoms with Gasteiger partial charge in [-0.05, 0) is 61.4 Å². The van der Waals surface area contributed by atoms with Crippen molar-refractivity contribution >= 4 is 11.8 Å². The van der Waals surface area contributed by atoms with Crippen molar-refractivity contribution < 1.29 is 19.4 Å². The molecule has 0 spiro atoms. The molecular weight excluding hydrogens is 296 g/mol. The number of phenolic OH excluding ortho intramolecular Hbond substituents is 1. The highest BCUT2D eigenvalue weighted by Crippen LogP contribution is 2.16. The van der Waals surface area contributed by atoms with Gasteiger partial charge in [0, 0.05) is 5.56 Å². The van der Waals surface area contributed by atoms with Gasteiger partial charge in [0.05, 0.1) is 0 Å². The molecule has 2 aromatic rings. The van der Waals surface area contributed by atoms with Crippen LogP contribution in [-0.2, 0) is 4.79 Å². The lowest BCUT2D eigenvalue weighted by atomic mass is 10.1. The molecule has 6 heteroatoms. The number of nitrogens with one attached hydrogen (secondary N) is 2. The maximum atomic E-state index is 11.8. The zero-order valence-corrected chi connectivity index (χ0v) is 12.9. The maximum absolute atomic E-state index is 11.8. The first-order valence-corrected chi connectivity index (χ1v) is 7.04. The second-order valence-corrected chi connectivity index (χ2v) is 5.08. The first-order chi connectivity index (χ1) is 11.0. The van der Waals surface area contributed by atoms with E-state index >= 15 is 0 Å². The van der Waals surface area contributed by atoms with Gasteiger partial charge in [0.2, 0.25) is 0 Å². The SMILES string of the molecule is Cc1ccc(OCC(=O)NNC(=O)c2ccc(O)cc2)cc1C. The number of hydrazine groups is 1. The Labute approximate surface area is 134 Å². The monoisotopic (exact) mass is 314 g/mol. The molecule has 0 heterocycles. The number of amides is 2. The highest BCUT2D eigenvalue weighted by atomic mass is 16.5. The van der Waals surface area contributed by atoms with Crippen molar-refractivity contribution in [1.82, 2.24) is 10.9 Å². The molecule has 0 saturated carbocycles. The van der Waals surface area contributed by atoms with Crippen LogP contribution in [0.4, 0.5) is 0 Å². The summed E-state index contributed by atoms with van der Waals surface area (Å²) < 4.78 is 5.36. The van der Waals surface area contributed by atoms with Crippen molar-refractivity contribution in [2.45, 2.75) is 13.8 Å². The van der Waals surface area contributed by atoms with Crippen LogP contribution in [0.5, 0.6) is 11.5 Å². The molecule has 0 atom stereocenters. The number of phenols is 1. The maximum Gasteiger partial charge on any atom is 0.276 e. The molecule has 120 valence electrons. The Morgan fingerprint density at radius 1 is 1.00 bits per heavy atom. The predicted octanol–water partition coefficient (Wildman–Crippen LogP) is 1.85. The molecule has 0 saturated heterocycles. The summed E-state index contributed by atoms with van der Waals surface area (Å²) in [6, 6.07) is 11.2. The predicted molar refractivity (Wildman–Crippen MR) is 85.1 cm³/mol. The summed E-state index contributed by atoms with van der Waals surface area (Å²) in [6.45, 7) is 3.74. The van der Waals surface area contributed by atoms with Crippen molar-refractivity contribution in [3.05, 3.63) is 59.2 Å². The molecule has 2 amide bonds. The first kappa shape index (κ1) is 16.4. The molecule has 0 fully saturated rings. The van der Waals surface area contributed by atoms with Crippen molar-refractivity contribution in [1.29, 1.82) is 0 Å². The van der Waals surface area contributed by atoms with Crippen molar-refractivity contribution in [3.8, 4) is 11.5 Å². The van der Waals surface area contributed by atoms with E-state index in [1.807, 2.05) is 26.0 Å². The second-order valence-electron chi connectivity index (χ2n) is 5.08. The third-order valence-electron chi connectivity index (χ3n) is 3.29. The minimum absolute atomic E-state index is 0.0624. The summed E-state index contributed by atoms with van der Waals surface area (Å²) in [6.07, 6.45) is 0. The molecule has 0 bridgehead atoms. The molecule has 23 heavy (non-hydrogen) atoms. The van der Waals surface area contributed by atoms with Crippen molar-refractivity contribution in [2.75, 3.05) is 6.61 Å². The van der Waals surface area contributed by atoms with E-state index in [2.05, 4.69) is 10.9 Å². The summed E-state index contributed by atoms with van der Waals surface area (Å²) in [5.74, 6) is -0.305. The second kappa shape index (κ2) is 7.31. The highest BCUT2D eigenvalue weighted by molar-refractivity contribution is 5.95. The third-order valence-corrected chi connectivity index (χ3v) is 3.29. The molecule has 6 nitrogen and oxygen atoms in total. The Kier molecular flexibility index (Phi) is 5.19. The molecular formula is C17H18N2O4. The van der Waals surface area contributed by atoms with Gasteiger partial charge >= 0.3 is 0 Å². The number of carbonyl (C=O) groups excluding carboxylic acids is 2. The molecule has 2 aromatic carbocycles. The van der Waals surface area contributed by atoms with Crippen LogP contribution >= 0.6 is 0 Å². The standard InChI is InChI=1S/C17H18N2O4/c1-11-3-8-15(9-12(11)2)23-10-16(21)18-19-17(22)13-4-6-14(20)7-5-13/h3-9,20H,10H2,1-2H3,(H,18,21)(H,19,22). The smallest absolute Gasteiger partial charge is 0.276 e. The lowest BCUT2D eigenvalue weighted by molar-refractivity contribution is -0.123. The fourth-order valence-electron chi connectivity index (χ4n) is 1.80. The van der Waals surface area contributed by atoms with Crippen LogP contribution in [0.2, 0.25) is 0 Å². The van der Waals surface area contributed by atoms with Crippen molar-refractivity contribution in [3.63, 3.8) is 0 Å². The zero-order chi connectivity index (χ0) is 16.8. The molecule has 3 N–H and O–H groups in total. The Hall–Kier alpha value is -3.02. The van der Waals surface area contributed by atoms with Crippen LogP contribution in [0.25, 0.3) is 0 Å². The van der Waals surface area contributed by atoms with Crippen LogP contribution in [-0.4, -0.2) is 23.5 Å². The van der Waals surface area contributed by atoms with E-state index in [1.165, 1.54) is 24.3 Å². The molecule has 0 radical (unpaired) electrons. The minimum Gasteiger partial charge on any atom is -0.508 e. The normalized spacial score (nSPS) is 10.0. The average molecular weight is 314 g/mol. The molecule has 0 unspecified atom stereocenters. The zero-order valence-electron chi connectivity index (χ0n) is 12.9. The number of hydrogen-bond acceptors (Lipinski definition) is 4. The fourth-order valence-corrected chi connectivity index (χ4v) is 1.80. The quantitative estimate of drug-likeness (QED) is 0.752. The number of ether oxygens (including phenoxy) is 1. The third kappa shape index (κ3) is 4.74. The number of benzene rings is 2. The van der Waals surface area contributed by atoms with E-state index < -0.39 is 11.8 Å². The van der Waals surface area contributed by atoms with Gasteiger partial charge < -0.3 is 9.84 Å². The average Bonchev–Trinajstić information content (AvgIpc) is 2.54. The lowest BCUT2D eigenvalue weighted by Crippen LogP contribution is -2.43. The van der Waals surface area contributed by atoms with E-state index in [-0.39, 0.29) is 12.4 Å². The lowest BCUT2D eigenvalue weighted by Gasteiger charge is -2.10. The topological polar surface area (TPSA) is 87.7 Å².